The Balaban J connectivity index is 2.65. The Morgan fingerprint density at radius 2 is 2.05 bits per heavy atom. The van der Waals surface area contributed by atoms with Gasteiger partial charge in [0.15, 0.2) is 0 Å². The first-order chi connectivity index (χ1) is 9.39. The maximum absolute atomic E-state index is 9.66. The van der Waals surface area contributed by atoms with Gasteiger partial charge in [-0.3, -0.25) is 0 Å². The van der Waals surface area contributed by atoms with Crippen LogP contribution < -0.4 is 5.73 Å². The average molecular weight is 275 g/mol. The quantitative estimate of drug-likeness (QED) is 0.881. The maximum Gasteiger partial charge on any atom is 0.117 e. The largest absolute Gasteiger partial charge is 0.395 e. The minimum absolute atomic E-state index is 0.0815. The molecular weight excluding hydrogens is 250 g/mol. The van der Waals surface area contributed by atoms with Gasteiger partial charge in [0, 0.05) is 18.5 Å². The Kier molecular flexibility index (Phi) is 4.16. The molecule has 0 spiro atoms. The van der Waals surface area contributed by atoms with Gasteiger partial charge < -0.3 is 15.4 Å². The molecule has 0 fully saturated rings. The molecule has 2 aromatic rings. The Morgan fingerprint density at radius 1 is 1.35 bits per heavy atom. The van der Waals surface area contributed by atoms with E-state index in [0.717, 1.165) is 29.0 Å². The number of imidazole rings is 1. The zero-order valence-corrected chi connectivity index (χ0v) is 12.8. The lowest BCUT2D eigenvalue weighted by Gasteiger charge is -2.23. The van der Waals surface area contributed by atoms with Gasteiger partial charge in [0.2, 0.25) is 0 Å². The number of fused-ring (bicyclic) bond motifs is 1. The van der Waals surface area contributed by atoms with Gasteiger partial charge >= 0.3 is 0 Å². The van der Waals surface area contributed by atoms with Crippen molar-refractivity contribution in [3.8, 4) is 0 Å². The molecule has 2 rings (SSSR count). The number of benzene rings is 1. The molecule has 110 valence electrons. The summed E-state index contributed by atoms with van der Waals surface area (Å²) in [6.07, 6.45) is 0. The van der Waals surface area contributed by atoms with Crippen molar-refractivity contribution >= 4 is 11.0 Å². The van der Waals surface area contributed by atoms with Crippen molar-refractivity contribution in [3.05, 3.63) is 29.6 Å². The third-order valence-corrected chi connectivity index (χ3v) is 3.60. The smallest absolute Gasteiger partial charge is 0.117 e. The summed E-state index contributed by atoms with van der Waals surface area (Å²) in [4.78, 5) is 4.76. The Morgan fingerprint density at radius 3 is 2.60 bits per heavy atom. The van der Waals surface area contributed by atoms with Crippen LogP contribution in [0, 0.1) is 5.92 Å². The zero-order chi connectivity index (χ0) is 14.9. The number of aliphatic hydroxyl groups is 1. The highest BCUT2D eigenvalue weighted by molar-refractivity contribution is 5.77. The second-order valence-corrected chi connectivity index (χ2v) is 6.51. The summed E-state index contributed by atoms with van der Waals surface area (Å²) < 4.78 is 2.23. The van der Waals surface area contributed by atoms with E-state index >= 15 is 0 Å². The third kappa shape index (κ3) is 2.72. The van der Waals surface area contributed by atoms with Gasteiger partial charge in [-0.2, -0.15) is 0 Å². The Hall–Kier alpha value is -1.39. The van der Waals surface area contributed by atoms with E-state index in [1.54, 1.807) is 0 Å². The van der Waals surface area contributed by atoms with E-state index in [2.05, 4.69) is 30.5 Å². The molecule has 1 heterocycles. The number of hydrogen-bond donors (Lipinski definition) is 2. The van der Waals surface area contributed by atoms with Crippen molar-refractivity contribution < 1.29 is 5.11 Å². The molecule has 0 atom stereocenters. The molecule has 20 heavy (non-hydrogen) atoms. The molecular formula is C16H25N3O. The van der Waals surface area contributed by atoms with Crippen molar-refractivity contribution in [2.45, 2.75) is 46.2 Å². The van der Waals surface area contributed by atoms with Crippen LogP contribution in [-0.2, 0) is 18.5 Å². The molecule has 1 aromatic heterocycles. The van der Waals surface area contributed by atoms with Gasteiger partial charge in [0.25, 0.3) is 0 Å². The lowest BCUT2D eigenvalue weighted by molar-refractivity contribution is 0.207. The highest BCUT2D eigenvalue weighted by Gasteiger charge is 2.27. The molecule has 0 aliphatic rings. The Bertz CT molecular complexity index is 599. The molecule has 0 unspecified atom stereocenters. The number of nitrogens with two attached hydrogens (primary N) is 1. The molecule has 3 N–H and O–H groups in total. The number of hydrogen-bond acceptors (Lipinski definition) is 3. The summed E-state index contributed by atoms with van der Waals surface area (Å²) in [5.74, 6) is 1.47. The average Bonchev–Trinajstić information content (AvgIpc) is 2.76. The van der Waals surface area contributed by atoms with E-state index in [-0.39, 0.29) is 12.0 Å². The van der Waals surface area contributed by atoms with Crippen LogP contribution in [0.2, 0.25) is 0 Å². The number of aliphatic hydroxyl groups excluding tert-OH is 1. The summed E-state index contributed by atoms with van der Waals surface area (Å²) in [5, 5.41) is 9.66. The van der Waals surface area contributed by atoms with Crippen molar-refractivity contribution in [1.82, 2.24) is 9.55 Å². The predicted octanol–water partition coefficient (Wildman–Crippen LogP) is 2.42. The van der Waals surface area contributed by atoms with Crippen molar-refractivity contribution in [2.24, 2.45) is 11.7 Å². The second-order valence-electron chi connectivity index (χ2n) is 6.51. The predicted molar refractivity (Wildman–Crippen MR) is 82.6 cm³/mol. The van der Waals surface area contributed by atoms with Gasteiger partial charge in [-0.15, -0.1) is 0 Å². The first kappa shape index (κ1) is 15.0. The third-order valence-electron chi connectivity index (χ3n) is 3.60. The fourth-order valence-electron chi connectivity index (χ4n) is 2.44. The van der Waals surface area contributed by atoms with Crippen LogP contribution in [0.5, 0.6) is 0 Å². The zero-order valence-electron chi connectivity index (χ0n) is 12.8. The highest BCUT2D eigenvalue weighted by atomic mass is 16.3. The van der Waals surface area contributed by atoms with E-state index in [4.69, 9.17) is 10.7 Å². The molecule has 1 aromatic carbocycles. The van der Waals surface area contributed by atoms with Crippen molar-refractivity contribution in [2.75, 3.05) is 6.61 Å². The molecule has 4 nitrogen and oxygen atoms in total. The standard InChI is InChI=1S/C16H25N3O/c1-11(2)9-19-14-6-5-12(8-17)7-13(14)18-15(19)16(3,4)10-20/h5-7,11,20H,8-10,17H2,1-4H3. The number of nitrogens with zero attached hydrogens (tertiary/aromatic N) is 2. The maximum atomic E-state index is 9.66. The van der Waals surface area contributed by atoms with E-state index in [0.29, 0.717) is 12.5 Å². The molecule has 0 saturated carbocycles. The molecule has 0 radical (unpaired) electrons. The molecule has 0 aliphatic carbocycles. The lowest BCUT2D eigenvalue weighted by atomic mass is 9.93. The molecule has 0 aliphatic heterocycles. The number of aromatic nitrogens is 2. The molecule has 0 amide bonds. The summed E-state index contributed by atoms with van der Waals surface area (Å²) >= 11 is 0. The lowest BCUT2D eigenvalue weighted by Crippen LogP contribution is -2.27. The SMILES string of the molecule is CC(C)Cn1c(C(C)(C)CO)nc2cc(CN)ccc21. The van der Waals surface area contributed by atoms with Crippen LogP contribution in [0.3, 0.4) is 0 Å². The van der Waals surface area contributed by atoms with Crippen molar-refractivity contribution in [3.63, 3.8) is 0 Å². The van der Waals surface area contributed by atoms with Crippen LogP contribution >= 0.6 is 0 Å². The highest BCUT2D eigenvalue weighted by Crippen LogP contribution is 2.28. The van der Waals surface area contributed by atoms with Crippen LogP contribution in [0.25, 0.3) is 11.0 Å². The normalized spacial score (nSPS) is 12.6. The summed E-state index contributed by atoms with van der Waals surface area (Å²) in [6.45, 7) is 9.93. The summed E-state index contributed by atoms with van der Waals surface area (Å²) in [5.41, 5.74) is 8.52. The Labute approximate surface area is 120 Å². The van der Waals surface area contributed by atoms with Crippen LogP contribution in [-0.4, -0.2) is 21.3 Å². The van der Waals surface area contributed by atoms with Crippen LogP contribution in [0.15, 0.2) is 18.2 Å². The number of rotatable bonds is 5. The van der Waals surface area contributed by atoms with Gasteiger partial charge in [0.1, 0.15) is 5.82 Å². The first-order valence-electron chi connectivity index (χ1n) is 7.19. The minimum Gasteiger partial charge on any atom is -0.395 e. The van der Waals surface area contributed by atoms with E-state index in [1.807, 2.05) is 19.9 Å². The van der Waals surface area contributed by atoms with Gasteiger partial charge in [0.05, 0.1) is 17.6 Å². The fraction of sp³-hybridized carbons (Fsp3) is 0.562. The molecule has 0 saturated heterocycles. The fourth-order valence-corrected chi connectivity index (χ4v) is 2.44. The van der Waals surface area contributed by atoms with Gasteiger partial charge in [-0.1, -0.05) is 33.8 Å². The summed E-state index contributed by atoms with van der Waals surface area (Å²) in [7, 11) is 0. The first-order valence-corrected chi connectivity index (χ1v) is 7.19. The monoisotopic (exact) mass is 275 g/mol. The van der Waals surface area contributed by atoms with Gasteiger partial charge in [-0.25, -0.2) is 4.98 Å². The van der Waals surface area contributed by atoms with Crippen molar-refractivity contribution in [1.29, 1.82) is 0 Å². The van der Waals surface area contributed by atoms with E-state index in [9.17, 15) is 5.11 Å². The topological polar surface area (TPSA) is 64.1 Å². The summed E-state index contributed by atoms with van der Waals surface area (Å²) in [6, 6.07) is 6.18. The van der Waals surface area contributed by atoms with Crippen LogP contribution in [0.1, 0.15) is 39.1 Å². The van der Waals surface area contributed by atoms with Crippen LogP contribution in [0.4, 0.5) is 0 Å². The minimum atomic E-state index is -0.350. The molecule has 0 bridgehead atoms. The molecule has 4 heteroatoms. The second kappa shape index (κ2) is 5.54. The van der Waals surface area contributed by atoms with E-state index < -0.39 is 0 Å². The van der Waals surface area contributed by atoms with Gasteiger partial charge in [-0.05, 0) is 23.6 Å². The van der Waals surface area contributed by atoms with E-state index in [1.165, 1.54) is 0 Å².